The maximum absolute atomic E-state index is 5.70. The molecule has 0 aromatic heterocycles. The molecule has 0 saturated carbocycles. The van der Waals surface area contributed by atoms with E-state index in [0.29, 0.717) is 12.0 Å². The zero-order valence-corrected chi connectivity index (χ0v) is 15.4. The zero-order valence-electron chi connectivity index (χ0n) is 15.4. The van der Waals surface area contributed by atoms with E-state index in [1.54, 1.807) is 7.11 Å². The van der Waals surface area contributed by atoms with Gasteiger partial charge in [-0.05, 0) is 29.7 Å². The van der Waals surface area contributed by atoms with Crippen LogP contribution in [0.3, 0.4) is 0 Å². The smallest absolute Gasteiger partial charge is 0.122 e. The monoisotopic (exact) mass is 343 g/mol. The van der Waals surface area contributed by atoms with E-state index < -0.39 is 0 Å². The van der Waals surface area contributed by atoms with E-state index in [4.69, 9.17) is 4.74 Å². The number of hydrogen-bond acceptors (Lipinski definition) is 2. The molecule has 0 aliphatic carbocycles. The lowest BCUT2D eigenvalue weighted by Crippen LogP contribution is -2.41. The van der Waals surface area contributed by atoms with Gasteiger partial charge in [0.1, 0.15) is 5.75 Å². The lowest BCUT2D eigenvalue weighted by molar-refractivity contribution is 0.159. The fourth-order valence-corrected chi connectivity index (χ4v) is 4.18. The minimum Gasteiger partial charge on any atom is -0.496 e. The zero-order chi connectivity index (χ0) is 17.9. The van der Waals surface area contributed by atoms with E-state index in [1.165, 1.54) is 22.3 Å². The Morgan fingerprint density at radius 1 is 0.846 bits per heavy atom. The second-order valence-electron chi connectivity index (χ2n) is 7.05. The Labute approximate surface area is 156 Å². The van der Waals surface area contributed by atoms with Crippen LogP contribution in [-0.4, -0.2) is 18.1 Å². The first-order valence-corrected chi connectivity index (χ1v) is 9.26. The van der Waals surface area contributed by atoms with Gasteiger partial charge in [-0.1, -0.05) is 72.8 Å². The molecule has 0 N–H and O–H groups in total. The summed E-state index contributed by atoms with van der Waals surface area (Å²) in [6.45, 7) is 4.29. The quantitative estimate of drug-likeness (QED) is 0.643. The van der Waals surface area contributed by atoms with Crippen molar-refractivity contribution >= 4 is 0 Å². The van der Waals surface area contributed by atoms with Crippen molar-refractivity contribution in [3.05, 3.63) is 101 Å². The highest BCUT2D eigenvalue weighted by Gasteiger charge is 2.34. The molecule has 0 bridgehead atoms. The summed E-state index contributed by atoms with van der Waals surface area (Å²) in [5, 5.41) is 0. The molecular formula is C24H25NO. The van der Waals surface area contributed by atoms with Crippen LogP contribution in [0.4, 0.5) is 0 Å². The average Bonchev–Trinajstić information content (AvgIpc) is 2.69. The van der Waals surface area contributed by atoms with Crippen molar-refractivity contribution < 1.29 is 4.74 Å². The first-order chi connectivity index (χ1) is 12.8. The summed E-state index contributed by atoms with van der Waals surface area (Å²) in [4.78, 5) is 2.58. The molecule has 132 valence electrons. The van der Waals surface area contributed by atoms with Gasteiger partial charge in [0.25, 0.3) is 0 Å². The molecule has 3 aromatic carbocycles. The lowest BCUT2D eigenvalue weighted by Gasteiger charge is -2.41. The molecule has 1 aliphatic heterocycles. The Morgan fingerprint density at radius 2 is 1.50 bits per heavy atom. The topological polar surface area (TPSA) is 12.5 Å². The van der Waals surface area contributed by atoms with Crippen LogP contribution in [0.2, 0.25) is 0 Å². The van der Waals surface area contributed by atoms with Gasteiger partial charge in [0.15, 0.2) is 0 Å². The molecule has 4 rings (SSSR count). The minimum absolute atomic E-state index is 0.305. The molecule has 1 heterocycles. The third-order valence-electron chi connectivity index (χ3n) is 5.52. The highest BCUT2D eigenvalue weighted by atomic mass is 16.5. The number of ether oxygens (including phenoxy) is 1. The lowest BCUT2D eigenvalue weighted by atomic mass is 9.79. The van der Waals surface area contributed by atoms with E-state index >= 15 is 0 Å². The molecule has 3 aromatic rings. The van der Waals surface area contributed by atoms with Crippen molar-refractivity contribution in [3.8, 4) is 5.75 Å². The number of para-hydroxylation sites is 1. The van der Waals surface area contributed by atoms with Crippen molar-refractivity contribution in [2.24, 2.45) is 0 Å². The summed E-state index contributed by atoms with van der Waals surface area (Å²) in [6.07, 6.45) is 0. The van der Waals surface area contributed by atoms with Crippen molar-refractivity contribution in [2.45, 2.75) is 32.0 Å². The van der Waals surface area contributed by atoms with Crippen molar-refractivity contribution in [3.63, 3.8) is 0 Å². The van der Waals surface area contributed by atoms with Gasteiger partial charge in [0, 0.05) is 30.6 Å². The number of benzene rings is 3. The highest BCUT2D eigenvalue weighted by Crippen LogP contribution is 2.41. The van der Waals surface area contributed by atoms with Crippen LogP contribution >= 0.6 is 0 Å². The molecule has 0 radical (unpaired) electrons. The normalized spacial score (nSPS) is 19.8. The molecule has 2 nitrogen and oxygen atoms in total. The predicted octanol–water partition coefficient (Wildman–Crippen LogP) is 5.23. The fourth-order valence-electron chi connectivity index (χ4n) is 4.18. The number of rotatable bonds is 4. The fraction of sp³-hybridized carbons (Fsp3) is 0.250. The SMILES string of the molecule is COc1ccccc1[C@@H]1c2ccccc2CN(Cc2ccccc2)[C@H]1C. The van der Waals surface area contributed by atoms with Crippen LogP contribution in [0.5, 0.6) is 5.75 Å². The molecule has 0 amide bonds. The molecule has 0 unspecified atom stereocenters. The Kier molecular flexibility index (Phi) is 4.77. The number of nitrogens with zero attached hydrogens (tertiary/aromatic N) is 1. The summed E-state index contributed by atoms with van der Waals surface area (Å²) in [5.41, 5.74) is 5.47. The van der Waals surface area contributed by atoms with Crippen LogP contribution in [0, 0.1) is 0 Å². The van der Waals surface area contributed by atoms with Crippen LogP contribution in [0.1, 0.15) is 35.1 Å². The maximum Gasteiger partial charge on any atom is 0.122 e. The summed E-state index contributed by atoms with van der Waals surface area (Å²) in [5.74, 6) is 1.28. The van der Waals surface area contributed by atoms with Gasteiger partial charge in [-0.15, -0.1) is 0 Å². The Morgan fingerprint density at radius 3 is 2.27 bits per heavy atom. The summed E-state index contributed by atoms with van der Waals surface area (Å²) >= 11 is 0. The molecule has 2 heteroatoms. The first-order valence-electron chi connectivity index (χ1n) is 9.26. The van der Waals surface area contributed by atoms with Gasteiger partial charge in [0.2, 0.25) is 0 Å². The largest absolute Gasteiger partial charge is 0.496 e. The minimum atomic E-state index is 0.305. The van der Waals surface area contributed by atoms with Gasteiger partial charge in [-0.3, -0.25) is 4.90 Å². The van der Waals surface area contributed by atoms with E-state index in [1.807, 2.05) is 6.07 Å². The van der Waals surface area contributed by atoms with E-state index in [-0.39, 0.29) is 0 Å². The van der Waals surface area contributed by atoms with Crippen LogP contribution in [0.15, 0.2) is 78.9 Å². The second-order valence-corrected chi connectivity index (χ2v) is 7.05. The predicted molar refractivity (Wildman–Crippen MR) is 106 cm³/mol. The Hall–Kier alpha value is -2.58. The molecule has 0 fully saturated rings. The van der Waals surface area contributed by atoms with Gasteiger partial charge < -0.3 is 4.74 Å². The molecule has 1 aliphatic rings. The number of hydrogen-bond donors (Lipinski definition) is 0. The van der Waals surface area contributed by atoms with Crippen molar-refractivity contribution in [1.82, 2.24) is 4.90 Å². The average molecular weight is 343 g/mol. The number of methoxy groups -OCH3 is 1. The summed E-state index contributed by atoms with van der Waals surface area (Å²) < 4.78 is 5.70. The summed E-state index contributed by atoms with van der Waals surface area (Å²) in [6, 6.07) is 28.4. The van der Waals surface area contributed by atoms with Gasteiger partial charge in [-0.25, -0.2) is 0 Å². The van der Waals surface area contributed by atoms with Crippen LogP contribution < -0.4 is 4.74 Å². The second kappa shape index (κ2) is 7.35. The van der Waals surface area contributed by atoms with Crippen molar-refractivity contribution in [1.29, 1.82) is 0 Å². The molecule has 0 saturated heterocycles. The van der Waals surface area contributed by atoms with E-state index in [2.05, 4.69) is 84.6 Å². The molecule has 26 heavy (non-hydrogen) atoms. The van der Waals surface area contributed by atoms with Gasteiger partial charge in [-0.2, -0.15) is 0 Å². The Balaban J connectivity index is 1.76. The van der Waals surface area contributed by atoms with Crippen LogP contribution in [0.25, 0.3) is 0 Å². The first kappa shape index (κ1) is 16.9. The molecule has 0 spiro atoms. The maximum atomic E-state index is 5.70. The van der Waals surface area contributed by atoms with Gasteiger partial charge >= 0.3 is 0 Å². The highest BCUT2D eigenvalue weighted by molar-refractivity contribution is 5.47. The van der Waals surface area contributed by atoms with E-state index in [9.17, 15) is 0 Å². The summed E-state index contributed by atoms with van der Waals surface area (Å²) in [7, 11) is 1.76. The third-order valence-corrected chi connectivity index (χ3v) is 5.52. The van der Waals surface area contributed by atoms with Crippen LogP contribution in [-0.2, 0) is 13.1 Å². The van der Waals surface area contributed by atoms with Gasteiger partial charge in [0.05, 0.1) is 7.11 Å². The third kappa shape index (κ3) is 3.13. The molecule has 2 atom stereocenters. The molecular weight excluding hydrogens is 318 g/mol. The number of fused-ring (bicyclic) bond motifs is 1. The standard InChI is InChI=1S/C24H25NO/c1-18-24(22-14-8-9-15-23(22)26-2)21-13-7-6-12-20(21)17-25(18)16-19-10-4-3-5-11-19/h3-15,18,24H,16-17H2,1-2H3/t18-,24-/m0/s1. The van der Waals surface area contributed by atoms with Crippen molar-refractivity contribution in [2.75, 3.05) is 7.11 Å². The Bertz CT molecular complexity index is 874. The van der Waals surface area contributed by atoms with E-state index in [0.717, 1.165) is 18.8 Å².